The summed E-state index contributed by atoms with van der Waals surface area (Å²) in [5, 5.41) is 8.94. The van der Waals surface area contributed by atoms with Crippen LogP contribution in [0.5, 0.6) is 0 Å². The summed E-state index contributed by atoms with van der Waals surface area (Å²) in [6.45, 7) is 0. The molecule has 0 heterocycles. The molecule has 0 fully saturated rings. The Bertz CT molecular complexity index is 411. The minimum atomic E-state index is -1.24. The van der Waals surface area contributed by atoms with E-state index in [2.05, 4.69) is 4.99 Å². The zero-order valence-corrected chi connectivity index (χ0v) is 8.13. The predicted octanol–water partition coefficient (Wildman–Crippen LogP) is 2.66. The molecular weight excluding hydrogens is 229 g/mol. The first-order valence-corrected chi connectivity index (χ1v) is 4.12. The largest absolute Gasteiger partial charge is 0.478 e. The maximum Gasteiger partial charge on any atom is 0.337 e. The number of isocyanates is 1. The van der Waals surface area contributed by atoms with Crippen molar-refractivity contribution in [2.75, 3.05) is 0 Å². The highest BCUT2D eigenvalue weighted by Gasteiger charge is 2.12. The van der Waals surface area contributed by atoms with Gasteiger partial charge in [-0.15, -0.1) is 0 Å². The number of rotatable bonds is 2. The van der Waals surface area contributed by atoms with Gasteiger partial charge in [-0.3, -0.25) is 0 Å². The molecule has 14 heavy (non-hydrogen) atoms. The van der Waals surface area contributed by atoms with Gasteiger partial charge in [0.15, 0.2) is 0 Å². The fourth-order valence-electron chi connectivity index (χ4n) is 0.849. The summed E-state index contributed by atoms with van der Waals surface area (Å²) in [6, 6.07) is 2.32. The van der Waals surface area contributed by atoms with E-state index < -0.39 is 5.97 Å². The standard InChI is InChI=1S/C8H3Cl2NO3/c9-5-1-4(8(13)14)7(11-3-12)2-6(5)10/h1-2H,(H,13,14). The van der Waals surface area contributed by atoms with E-state index in [1.54, 1.807) is 0 Å². The molecule has 0 radical (unpaired) electrons. The third-order valence-corrected chi connectivity index (χ3v) is 2.16. The number of carboxylic acid groups (broad SMARTS) is 1. The van der Waals surface area contributed by atoms with Gasteiger partial charge in [0, 0.05) is 0 Å². The molecule has 4 nitrogen and oxygen atoms in total. The quantitative estimate of drug-likeness (QED) is 0.629. The topological polar surface area (TPSA) is 66.7 Å². The zero-order valence-electron chi connectivity index (χ0n) is 6.62. The van der Waals surface area contributed by atoms with Crippen LogP contribution in [-0.2, 0) is 4.79 Å². The summed E-state index contributed by atoms with van der Waals surface area (Å²) in [4.78, 5) is 23.9. The van der Waals surface area contributed by atoms with E-state index in [1.165, 1.54) is 12.1 Å². The number of carbonyl (C=O) groups is 1. The van der Waals surface area contributed by atoms with Crippen LogP contribution >= 0.6 is 23.2 Å². The van der Waals surface area contributed by atoms with Gasteiger partial charge in [-0.05, 0) is 12.1 Å². The molecule has 0 aromatic heterocycles. The smallest absolute Gasteiger partial charge is 0.337 e. The normalized spacial score (nSPS) is 9.29. The van der Waals surface area contributed by atoms with E-state index in [9.17, 15) is 9.59 Å². The predicted molar refractivity (Wildman–Crippen MR) is 51.2 cm³/mol. The van der Waals surface area contributed by atoms with Crippen LogP contribution in [0.2, 0.25) is 10.0 Å². The zero-order chi connectivity index (χ0) is 10.7. The minimum Gasteiger partial charge on any atom is -0.478 e. The van der Waals surface area contributed by atoms with Crippen LogP contribution in [0.25, 0.3) is 0 Å². The van der Waals surface area contributed by atoms with Gasteiger partial charge in [0.1, 0.15) is 0 Å². The lowest BCUT2D eigenvalue weighted by atomic mass is 10.2. The van der Waals surface area contributed by atoms with E-state index in [0.717, 1.165) is 6.07 Å². The Morgan fingerprint density at radius 1 is 1.36 bits per heavy atom. The van der Waals surface area contributed by atoms with Crippen molar-refractivity contribution in [3.63, 3.8) is 0 Å². The Labute approximate surface area is 88.8 Å². The molecule has 0 unspecified atom stereocenters. The second kappa shape index (κ2) is 4.24. The molecule has 1 aromatic rings. The highest BCUT2D eigenvalue weighted by molar-refractivity contribution is 6.42. The van der Waals surface area contributed by atoms with Crippen LogP contribution in [0.15, 0.2) is 17.1 Å². The van der Waals surface area contributed by atoms with Gasteiger partial charge in [-0.25, -0.2) is 9.59 Å². The molecule has 0 amide bonds. The van der Waals surface area contributed by atoms with E-state index >= 15 is 0 Å². The summed E-state index contributed by atoms with van der Waals surface area (Å²) in [6.07, 6.45) is 1.24. The van der Waals surface area contributed by atoms with Gasteiger partial charge in [0.25, 0.3) is 0 Å². The summed E-state index contributed by atoms with van der Waals surface area (Å²) in [5.41, 5.74) is -0.260. The molecule has 0 atom stereocenters. The summed E-state index contributed by atoms with van der Waals surface area (Å²) < 4.78 is 0. The molecule has 1 rings (SSSR count). The SMILES string of the molecule is O=C=Nc1cc(Cl)c(Cl)cc1C(=O)O. The van der Waals surface area contributed by atoms with E-state index in [4.69, 9.17) is 28.3 Å². The lowest BCUT2D eigenvalue weighted by molar-refractivity contribution is 0.0698. The fourth-order valence-corrected chi connectivity index (χ4v) is 1.17. The highest BCUT2D eigenvalue weighted by atomic mass is 35.5. The minimum absolute atomic E-state index is 0.0677. The van der Waals surface area contributed by atoms with Crippen molar-refractivity contribution in [1.29, 1.82) is 0 Å². The Morgan fingerprint density at radius 3 is 2.43 bits per heavy atom. The van der Waals surface area contributed by atoms with Crippen LogP contribution in [0.3, 0.4) is 0 Å². The first-order valence-electron chi connectivity index (χ1n) is 3.36. The van der Waals surface area contributed by atoms with E-state index in [-0.39, 0.29) is 21.3 Å². The lowest BCUT2D eigenvalue weighted by Crippen LogP contribution is -1.96. The average Bonchev–Trinajstić information content (AvgIpc) is 2.11. The third-order valence-electron chi connectivity index (χ3n) is 1.44. The third kappa shape index (κ3) is 2.12. The van der Waals surface area contributed by atoms with Gasteiger partial charge >= 0.3 is 5.97 Å². The van der Waals surface area contributed by atoms with Gasteiger partial charge in [0.2, 0.25) is 6.08 Å². The number of benzene rings is 1. The van der Waals surface area contributed by atoms with Gasteiger partial charge in [0.05, 0.1) is 21.3 Å². The second-order valence-corrected chi connectivity index (χ2v) is 3.11. The first kappa shape index (κ1) is 10.7. The Kier molecular flexibility index (Phi) is 3.25. The van der Waals surface area contributed by atoms with Crippen molar-refractivity contribution in [3.05, 3.63) is 27.7 Å². The monoisotopic (exact) mass is 231 g/mol. The summed E-state index contributed by atoms with van der Waals surface area (Å²) in [7, 11) is 0. The van der Waals surface area contributed by atoms with Crippen molar-refractivity contribution >= 4 is 40.9 Å². The number of hydrogen-bond acceptors (Lipinski definition) is 3. The van der Waals surface area contributed by atoms with Crippen LogP contribution in [0.1, 0.15) is 10.4 Å². The van der Waals surface area contributed by atoms with Crippen molar-refractivity contribution < 1.29 is 14.7 Å². The number of aliphatic imine (C=N–C) groups is 1. The maximum atomic E-state index is 10.7. The summed E-state index contributed by atoms with van der Waals surface area (Å²) >= 11 is 11.2. The van der Waals surface area contributed by atoms with Gasteiger partial charge in [-0.1, -0.05) is 23.2 Å². The Balaban J connectivity index is 3.45. The Morgan fingerprint density at radius 2 is 1.93 bits per heavy atom. The highest BCUT2D eigenvalue weighted by Crippen LogP contribution is 2.30. The molecule has 0 saturated heterocycles. The number of carboxylic acids is 1. The average molecular weight is 232 g/mol. The Hall–Kier alpha value is -1.35. The van der Waals surface area contributed by atoms with Crippen LogP contribution in [0, 0.1) is 0 Å². The molecule has 0 aliphatic carbocycles. The maximum absolute atomic E-state index is 10.7. The first-order chi connectivity index (χ1) is 6.56. The van der Waals surface area contributed by atoms with Crippen molar-refractivity contribution in [2.45, 2.75) is 0 Å². The van der Waals surface area contributed by atoms with Crippen LogP contribution in [-0.4, -0.2) is 17.2 Å². The molecule has 72 valence electrons. The molecule has 0 saturated carbocycles. The number of hydrogen-bond donors (Lipinski definition) is 1. The van der Waals surface area contributed by atoms with Crippen molar-refractivity contribution in [3.8, 4) is 0 Å². The lowest BCUT2D eigenvalue weighted by Gasteiger charge is -2.01. The molecule has 0 spiro atoms. The molecular formula is C8H3Cl2NO3. The van der Waals surface area contributed by atoms with Crippen molar-refractivity contribution in [2.24, 2.45) is 4.99 Å². The molecule has 1 aromatic carbocycles. The van der Waals surface area contributed by atoms with Gasteiger partial charge < -0.3 is 5.11 Å². The molecule has 1 N–H and O–H groups in total. The van der Waals surface area contributed by atoms with Gasteiger partial charge in [-0.2, -0.15) is 4.99 Å². The summed E-state index contributed by atoms with van der Waals surface area (Å²) in [5.74, 6) is -1.24. The van der Waals surface area contributed by atoms with E-state index in [0.29, 0.717) is 0 Å². The number of carbonyl (C=O) groups excluding carboxylic acids is 1. The number of nitrogens with zero attached hydrogens (tertiary/aromatic N) is 1. The molecule has 0 aliphatic rings. The van der Waals surface area contributed by atoms with Crippen LogP contribution < -0.4 is 0 Å². The molecule has 0 bridgehead atoms. The number of halogens is 2. The number of aromatic carboxylic acids is 1. The molecule has 6 heteroatoms. The second-order valence-electron chi connectivity index (χ2n) is 2.29. The van der Waals surface area contributed by atoms with E-state index in [1.807, 2.05) is 0 Å². The fraction of sp³-hybridized carbons (Fsp3) is 0. The van der Waals surface area contributed by atoms with Crippen molar-refractivity contribution in [1.82, 2.24) is 0 Å². The molecule has 0 aliphatic heterocycles. The van der Waals surface area contributed by atoms with Crippen LogP contribution in [0.4, 0.5) is 5.69 Å².